The molecule has 0 aliphatic heterocycles. The molecule has 0 radical (unpaired) electrons. The topological polar surface area (TPSA) is 108 Å². The maximum atomic E-state index is 11.7. The summed E-state index contributed by atoms with van der Waals surface area (Å²) in [5.41, 5.74) is -0.202. The quantitative estimate of drug-likeness (QED) is 0.526. The third kappa shape index (κ3) is 4.77. The van der Waals surface area contributed by atoms with E-state index in [9.17, 15) is 19.8 Å². The van der Waals surface area contributed by atoms with Gasteiger partial charge in [0.1, 0.15) is 17.1 Å². The fraction of sp³-hybridized carbons (Fsp3) is 0.385. The predicted octanol–water partition coefficient (Wildman–Crippen LogP) is -0.0197. The molecule has 0 unspecified atom stereocenters. The maximum Gasteiger partial charge on any atom is 0.258 e. The van der Waals surface area contributed by atoms with Crippen LogP contribution < -0.4 is 10.6 Å². The molecule has 0 bridgehead atoms. The highest BCUT2D eigenvalue weighted by atomic mass is 16.5. The Balaban J connectivity index is 2.39. The maximum absolute atomic E-state index is 11.7. The fourth-order valence-corrected chi connectivity index (χ4v) is 1.52. The first-order valence-electron chi connectivity index (χ1n) is 6.11. The molecule has 1 rings (SSSR count). The van der Waals surface area contributed by atoms with Gasteiger partial charge in [-0.15, -0.1) is 0 Å². The van der Waals surface area contributed by atoms with Crippen LogP contribution in [0.25, 0.3) is 0 Å². The van der Waals surface area contributed by atoms with Crippen molar-refractivity contribution in [3.05, 3.63) is 23.8 Å². The second-order valence-corrected chi connectivity index (χ2v) is 4.02. The molecule has 0 saturated carbocycles. The van der Waals surface area contributed by atoms with Crippen molar-refractivity contribution in [3.63, 3.8) is 0 Å². The highest BCUT2D eigenvalue weighted by Crippen LogP contribution is 2.25. The largest absolute Gasteiger partial charge is 0.507 e. The molecule has 7 nitrogen and oxygen atoms in total. The van der Waals surface area contributed by atoms with E-state index in [2.05, 4.69) is 10.6 Å². The molecule has 0 heterocycles. The molecule has 110 valence electrons. The Hall–Kier alpha value is -2.28. The van der Waals surface area contributed by atoms with Crippen molar-refractivity contribution in [2.24, 2.45) is 0 Å². The molecular formula is C13H18N2O5. The molecule has 20 heavy (non-hydrogen) atoms. The zero-order valence-corrected chi connectivity index (χ0v) is 11.2. The molecule has 1 aromatic carbocycles. The monoisotopic (exact) mass is 282 g/mol. The Morgan fingerprint density at radius 1 is 1.15 bits per heavy atom. The van der Waals surface area contributed by atoms with Crippen LogP contribution in [-0.4, -0.2) is 48.8 Å². The van der Waals surface area contributed by atoms with E-state index in [1.165, 1.54) is 25.3 Å². The van der Waals surface area contributed by atoms with Crippen LogP contribution in [-0.2, 0) is 9.53 Å². The van der Waals surface area contributed by atoms with Crippen LogP contribution in [0.3, 0.4) is 0 Å². The van der Waals surface area contributed by atoms with Crippen molar-refractivity contribution in [3.8, 4) is 11.5 Å². The van der Waals surface area contributed by atoms with Crippen LogP contribution in [0, 0.1) is 0 Å². The molecular weight excluding hydrogens is 264 g/mol. The lowest BCUT2D eigenvalue weighted by Gasteiger charge is -2.08. The van der Waals surface area contributed by atoms with Gasteiger partial charge in [0.25, 0.3) is 5.91 Å². The fourth-order valence-electron chi connectivity index (χ4n) is 1.52. The van der Waals surface area contributed by atoms with Gasteiger partial charge < -0.3 is 25.6 Å². The van der Waals surface area contributed by atoms with Gasteiger partial charge in [-0.1, -0.05) is 6.07 Å². The van der Waals surface area contributed by atoms with Crippen LogP contribution in [0.1, 0.15) is 16.8 Å². The van der Waals surface area contributed by atoms with Gasteiger partial charge in [0.2, 0.25) is 5.91 Å². The predicted molar refractivity (Wildman–Crippen MR) is 71.6 cm³/mol. The second kappa shape index (κ2) is 8.00. The molecule has 0 atom stereocenters. The van der Waals surface area contributed by atoms with E-state index in [1.807, 2.05) is 0 Å². The van der Waals surface area contributed by atoms with Gasteiger partial charge >= 0.3 is 0 Å². The van der Waals surface area contributed by atoms with Crippen molar-refractivity contribution in [2.75, 3.05) is 26.8 Å². The van der Waals surface area contributed by atoms with Gasteiger partial charge in [-0.3, -0.25) is 9.59 Å². The summed E-state index contributed by atoms with van der Waals surface area (Å²) in [6, 6.07) is 4.02. The lowest BCUT2D eigenvalue weighted by molar-refractivity contribution is -0.121. The third-order valence-electron chi connectivity index (χ3n) is 2.51. The first-order valence-corrected chi connectivity index (χ1v) is 6.11. The third-order valence-corrected chi connectivity index (χ3v) is 2.51. The molecule has 0 fully saturated rings. The molecule has 1 aromatic rings. The van der Waals surface area contributed by atoms with E-state index in [0.29, 0.717) is 13.2 Å². The van der Waals surface area contributed by atoms with Crippen molar-refractivity contribution in [1.29, 1.82) is 0 Å². The summed E-state index contributed by atoms with van der Waals surface area (Å²) in [4.78, 5) is 23.1. The average molecular weight is 282 g/mol. The number of hydrogen-bond acceptors (Lipinski definition) is 5. The van der Waals surface area contributed by atoms with Gasteiger partial charge in [-0.2, -0.15) is 0 Å². The molecule has 0 saturated heterocycles. The van der Waals surface area contributed by atoms with Crippen molar-refractivity contribution in [1.82, 2.24) is 10.6 Å². The van der Waals surface area contributed by atoms with E-state index in [0.717, 1.165) is 0 Å². The number of nitrogens with one attached hydrogen (secondary N) is 2. The molecule has 0 aliphatic rings. The minimum absolute atomic E-state index is 0.101. The Morgan fingerprint density at radius 3 is 2.40 bits per heavy atom. The van der Waals surface area contributed by atoms with Gasteiger partial charge in [-0.25, -0.2) is 0 Å². The van der Waals surface area contributed by atoms with Gasteiger partial charge in [-0.05, 0) is 12.1 Å². The first kappa shape index (κ1) is 15.8. The number of phenols is 2. The number of hydrogen-bond donors (Lipinski definition) is 4. The lowest BCUT2D eigenvalue weighted by atomic mass is 10.1. The van der Waals surface area contributed by atoms with E-state index in [-0.39, 0.29) is 35.9 Å². The van der Waals surface area contributed by atoms with E-state index < -0.39 is 5.91 Å². The highest BCUT2D eigenvalue weighted by molar-refractivity contribution is 5.99. The van der Waals surface area contributed by atoms with E-state index >= 15 is 0 Å². The molecule has 0 spiro atoms. The van der Waals surface area contributed by atoms with Gasteiger partial charge in [0.15, 0.2) is 0 Å². The summed E-state index contributed by atoms with van der Waals surface area (Å²) in [5, 5.41) is 24.1. The summed E-state index contributed by atoms with van der Waals surface area (Å²) in [6.07, 6.45) is 0.101. The average Bonchev–Trinajstić information content (AvgIpc) is 2.39. The Bertz CT molecular complexity index is 456. The van der Waals surface area contributed by atoms with Crippen molar-refractivity contribution in [2.45, 2.75) is 6.42 Å². The van der Waals surface area contributed by atoms with E-state index in [1.54, 1.807) is 0 Å². The smallest absolute Gasteiger partial charge is 0.258 e. The minimum Gasteiger partial charge on any atom is -0.507 e. The SMILES string of the molecule is COCCNC(=O)CCNC(=O)c1c(O)cccc1O. The van der Waals surface area contributed by atoms with Crippen LogP contribution in [0.5, 0.6) is 11.5 Å². The zero-order valence-electron chi connectivity index (χ0n) is 11.2. The van der Waals surface area contributed by atoms with Crippen molar-refractivity contribution >= 4 is 11.8 Å². The minimum atomic E-state index is -0.634. The molecule has 2 amide bonds. The molecule has 0 aromatic heterocycles. The number of carbonyl (C=O) groups is 2. The zero-order chi connectivity index (χ0) is 15.0. The number of phenolic OH excluding ortho intramolecular Hbond substituents is 2. The highest BCUT2D eigenvalue weighted by Gasteiger charge is 2.15. The van der Waals surface area contributed by atoms with Crippen molar-refractivity contribution < 1.29 is 24.5 Å². The normalized spacial score (nSPS) is 10.1. The summed E-state index contributed by atoms with van der Waals surface area (Å²) >= 11 is 0. The summed E-state index contributed by atoms with van der Waals surface area (Å²) in [7, 11) is 1.53. The number of carbonyl (C=O) groups excluding carboxylic acids is 2. The van der Waals surface area contributed by atoms with Gasteiger partial charge in [0.05, 0.1) is 6.61 Å². The number of aromatic hydroxyl groups is 2. The number of ether oxygens (including phenoxy) is 1. The molecule has 4 N–H and O–H groups in total. The number of benzene rings is 1. The molecule has 7 heteroatoms. The Kier molecular flexibility index (Phi) is 6.31. The lowest BCUT2D eigenvalue weighted by Crippen LogP contribution is -2.32. The van der Waals surface area contributed by atoms with Gasteiger partial charge in [0, 0.05) is 26.6 Å². The van der Waals surface area contributed by atoms with Crippen LogP contribution in [0.15, 0.2) is 18.2 Å². The molecule has 0 aliphatic carbocycles. The first-order chi connectivity index (χ1) is 9.56. The number of methoxy groups -OCH3 is 1. The standard InChI is InChI=1S/C13H18N2O5/c1-20-8-7-14-11(18)5-6-15-13(19)12-9(16)3-2-4-10(12)17/h2-4,16-17H,5-8H2,1H3,(H,14,18)(H,15,19). The van der Waals surface area contributed by atoms with Crippen LogP contribution >= 0.6 is 0 Å². The Labute approximate surface area is 116 Å². The summed E-state index contributed by atoms with van der Waals surface area (Å²) in [6.45, 7) is 0.929. The Morgan fingerprint density at radius 2 is 1.80 bits per heavy atom. The van der Waals surface area contributed by atoms with Crippen LogP contribution in [0.2, 0.25) is 0 Å². The number of rotatable bonds is 7. The van der Waals surface area contributed by atoms with E-state index in [4.69, 9.17) is 4.74 Å². The summed E-state index contributed by atoms with van der Waals surface area (Å²) < 4.78 is 4.78. The second-order valence-electron chi connectivity index (χ2n) is 4.02. The number of amides is 2. The van der Waals surface area contributed by atoms with Crippen LogP contribution in [0.4, 0.5) is 0 Å². The summed E-state index contributed by atoms with van der Waals surface area (Å²) in [5.74, 6) is -1.48.